The number of hydrogen-bond acceptors (Lipinski definition) is 3. The van der Waals surface area contributed by atoms with E-state index in [2.05, 4.69) is 28.1 Å². The lowest BCUT2D eigenvalue weighted by atomic mass is 9.96. The van der Waals surface area contributed by atoms with Crippen molar-refractivity contribution in [1.29, 1.82) is 0 Å². The Kier molecular flexibility index (Phi) is 5.89. The average Bonchev–Trinajstić information content (AvgIpc) is 3.25. The van der Waals surface area contributed by atoms with Crippen LogP contribution in [-0.4, -0.2) is 30.6 Å². The van der Waals surface area contributed by atoms with Crippen LogP contribution < -0.4 is 15.5 Å². The maximum absolute atomic E-state index is 12.5. The van der Waals surface area contributed by atoms with Crippen molar-refractivity contribution in [3.63, 3.8) is 0 Å². The third-order valence-electron chi connectivity index (χ3n) is 5.42. The first kappa shape index (κ1) is 17.4. The van der Waals surface area contributed by atoms with E-state index in [1.165, 1.54) is 16.2 Å². The van der Waals surface area contributed by atoms with Crippen molar-refractivity contribution < 1.29 is 14.5 Å². The van der Waals surface area contributed by atoms with Gasteiger partial charge >= 0.3 is 6.03 Å². The minimum Gasteiger partial charge on any atom is -0.335 e. The van der Waals surface area contributed by atoms with E-state index in [1.54, 1.807) is 11.3 Å². The lowest BCUT2D eigenvalue weighted by Crippen LogP contribution is -3.15. The Labute approximate surface area is 147 Å². The third kappa shape index (κ3) is 4.16. The van der Waals surface area contributed by atoms with E-state index in [0.717, 1.165) is 45.1 Å². The fourth-order valence-electron chi connectivity index (χ4n) is 4.06. The van der Waals surface area contributed by atoms with E-state index in [-0.39, 0.29) is 24.0 Å². The first-order chi connectivity index (χ1) is 11.6. The summed E-state index contributed by atoms with van der Waals surface area (Å²) in [5.74, 6) is -0.165. The molecule has 3 rings (SSSR count). The quantitative estimate of drug-likeness (QED) is 0.778. The van der Waals surface area contributed by atoms with E-state index in [1.807, 2.05) is 6.92 Å². The molecule has 0 bridgehead atoms. The van der Waals surface area contributed by atoms with Crippen LogP contribution in [0.5, 0.6) is 0 Å². The zero-order chi connectivity index (χ0) is 16.9. The molecule has 2 heterocycles. The lowest BCUT2D eigenvalue weighted by Gasteiger charge is -2.27. The maximum atomic E-state index is 12.5. The van der Waals surface area contributed by atoms with Crippen molar-refractivity contribution in [2.24, 2.45) is 0 Å². The fourth-order valence-corrected chi connectivity index (χ4v) is 4.96. The number of urea groups is 1. The number of imide groups is 1. The number of hydrogen-bond donors (Lipinski definition) is 3. The Balaban J connectivity index is 1.53. The van der Waals surface area contributed by atoms with Crippen LogP contribution in [0.2, 0.25) is 0 Å². The zero-order valence-corrected chi connectivity index (χ0v) is 15.2. The van der Waals surface area contributed by atoms with E-state index >= 15 is 0 Å². The molecule has 0 spiro atoms. The molecule has 6 heteroatoms. The van der Waals surface area contributed by atoms with Gasteiger partial charge in [0.05, 0.1) is 11.4 Å². The van der Waals surface area contributed by atoms with Crippen molar-refractivity contribution in [3.8, 4) is 0 Å². The van der Waals surface area contributed by atoms with Crippen molar-refractivity contribution in [3.05, 3.63) is 22.4 Å². The van der Waals surface area contributed by atoms with Gasteiger partial charge < -0.3 is 10.2 Å². The van der Waals surface area contributed by atoms with Crippen LogP contribution in [0, 0.1) is 0 Å². The van der Waals surface area contributed by atoms with Gasteiger partial charge in [-0.1, -0.05) is 25.3 Å². The number of amides is 3. The smallest absolute Gasteiger partial charge is 0.321 e. The molecule has 24 heavy (non-hydrogen) atoms. The van der Waals surface area contributed by atoms with Crippen LogP contribution in [0.25, 0.3) is 0 Å². The molecule has 1 aromatic rings. The number of carbonyl (C=O) groups excluding carboxylic acids is 2. The molecule has 0 aromatic carbocycles. The van der Waals surface area contributed by atoms with Crippen LogP contribution in [0.4, 0.5) is 4.79 Å². The molecule has 2 fully saturated rings. The molecule has 0 radical (unpaired) electrons. The van der Waals surface area contributed by atoms with Crippen LogP contribution in [0.3, 0.4) is 0 Å². The SMILES string of the molecule is C[C@@H](C(=O)NC(=O)NC1CCCCC1)[NH+]1CCC[C@@H]1c1cccs1. The maximum Gasteiger partial charge on any atom is 0.321 e. The van der Waals surface area contributed by atoms with Gasteiger partial charge in [-0.15, -0.1) is 11.3 Å². The average molecular weight is 351 g/mol. The largest absolute Gasteiger partial charge is 0.335 e. The summed E-state index contributed by atoms with van der Waals surface area (Å²) < 4.78 is 0. The molecule has 1 unspecified atom stereocenters. The molecule has 5 nitrogen and oxygen atoms in total. The topological polar surface area (TPSA) is 62.6 Å². The normalized spacial score (nSPS) is 26.0. The van der Waals surface area contributed by atoms with Crippen LogP contribution in [0.15, 0.2) is 17.5 Å². The van der Waals surface area contributed by atoms with Gasteiger partial charge in [0.1, 0.15) is 6.04 Å². The number of likely N-dealkylation sites (tertiary alicyclic amines) is 1. The van der Waals surface area contributed by atoms with Crippen LogP contribution in [-0.2, 0) is 4.79 Å². The summed E-state index contributed by atoms with van der Waals surface area (Å²) in [4.78, 5) is 27.2. The molecular weight excluding hydrogens is 322 g/mol. The molecule has 3 N–H and O–H groups in total. The van der Waals surface area contributed by atoms with Gasteiger partial charge in [0.2, 0.25) is 0 Å². The summed E-state index contributed by atoms with van der Waals surface area (Å²) >= 11 is 1.76. The Hall–Kier alpha value is -1.40. The summed E-state index contributed by atoms with van der Waals surface area (Å²) in [5, 5.41) is 7.61. The summed E-state index contributed by atoms with van der Waals surface area (Å²) in [7, 11) is 0. The van der Waals surface area contributed by atoms with Crippen LogP contribution >= 0.6 is 11.3 Å². The van der Waals surface area contributed by atoms with Gasteiger partial charge in [0, 0.05) is 18.9 Å². The molecule has 3 atom stereocenters. The van der Waals surface area contributed by atoms with Gasteiger partial charge in [-0.25, -0.2) is 4.79 Å². The standard InChI is InChI=1S/C18H27N3O2S/c1-13(21-11-5-9-15(21)16-10-6-12-24-16)17(22)20-18(23)19-14-7-3-2-4-8-14/h6,10,12-15H,2-5,7-9,11H2,1H3,(H2,19,20,22,23)/p+1/t13-,15+/m0/s1. The number of carbonyl (C=O) groups is 2. The van der Waals surface area contributed by atoms with E-state index in [4.69, 9.17) is 0 Å². The lowest BCUT2D eigenvalue weighted by molar-refractivity contribution is -0.931. The molecule has 1 saturated heterocycles. The van der Waals surface area contributed by atoms with Gasteiger partial charge in [0.15, 0.2) is 6.04 Å². The van der Waals surface area contributed by atoms with E-state index in [9.17, 15) is 9.59 Å². The zero-order valence-electron chi connectivity index (χ0n) is 14.3. The fraction of sp³-hybridized carbons (Fsp3) is 0.667. The highest BCUT2D eigenvalue weighted by molar-refractivity contribution is 7.10. The number of nitrogens with one attached hydrogen (secondary N) is 3. The van der Waals surface area contributed by atoms with Crippen molar-refractivity contribution >= 4 is 23.3 Å². The monoisotopic (exact) mass is 350 g/mol. The predicted molar refractivity (Wildman–Crippen MR) is 95.1 cm³/mol. The van der Waals surface area contributed by atoms with Crippen molar-refractivity contribution in [1.82, 2.24) is 10.6 Å². The highest BCUT2D eigenvalue weighted by atomic mass is 32.1. The Morgan fingerprint density at radius 2 is 2.00 bits per heavy atom. The third-order valence-corrected chi connectivity index (χ3v) is 6.41. The Morgan fingerprint density at radius 1 is 1.21 bits per heavy atom. The molecule has 1 aliphatic heterocycles. The van der Waals surface area contributed by atoms with Crippen LogP contribution in [0.1, 0.15) is 62.8 Å². The minimum atomic E-state index is -0.329. The molecule has 1 aromatic heterocycles. The molecule has 2 aliphatic rings. The van der Waals surface area contributed by atoms with Gasteiger partial charge in [-0.2, -0.15) is 0 Å². The highest BCUT2D eigenvalue weighted by Crippen LogP contribution is 2.23. The first-order valence-electron chi connectivity index (χ1n) is 9.15. The molecule has 3 amide bonds. The Morgan fingerprint density at radius 3 is 2.71 bits per heavy atom. The molecule has 1 aliphatic carbocycles. The second-order valence-electron chi connectivity index (χ2n) is 7.05. The minimum absolute atomic E-state index is 0.165. The van der Waals surface area contributed by atoms with Gasteiger partial charge in [-0.3, -0.25) is 10.1 Å². The van der Waals surface area contributed by atoms with Crippen molar-refractivity contribution in [2.45, 2.75) is 70.0 Å². The molecule has 132 valence electrons. The van der Waals surface area contributed by atoms with Gasteiger partial charge in [-0.05, 0) is 31.2 Å². The summed E-state index contributed by atoms with van der Waals surface area (Å²) in [6.45, 7) is 2.92. The Bertz CT molecular complexity index is 555. The highest BCUT2D eigenvalue weighted by Gasteiger charge is 2.38. The number of rotatable bonds is 4. The number of quaternary nitrogens is 1. The van der Waals surface area contributed by atoms with Gasteiger partial charge in [0.25, 0.3) is 5.91 Å². The van der Waals surface area contributed by atoms with E-state index in [0.29, 0.717) is 6.04 Å². The molecule has 1 saturated carbocycles. The second kappa shape index (κ2) is 8.12. The second-order valence-corrected chi connectivity index (χ2v) is 8.03. The summed E-state index contributed by atoms with van der Waals surface area (Å²) in [5.41, 5.74) is 0. The number of thiophene rings is 1. The summed E-state index contributed by atoms with van der Waals surface area (Å²) in [6.07, 6.45) is 7.86. The predicted octanol–water partition coefficient (Wildman–Crippen LogP) is 2.01. The summed E-state index contributed by atoms with van der Waals surface area (Å²) in [6, 6.07) is 4.29. The van der Waals surface area contributed by atoms with Crippen molar-refractivity contribution in [2.75, 3.05) is 6.54 Å². The van der Waals surface area contributed by atoms with E-state index < -0.39 is 0 Å². The molecular formula is C18H28N3O2S+. The first-order valence-corrected chi connectivity index (χ1v) is 10.0.